The number of nitrogens with one attached hydrogen (secondary N) is 1. The van der Waals surface area contributed by atoms with Gasteiger partial charge in [-0.05, 0) is 45.0 Å². The van der Waals surface area contributed by atoms with Gasteiger partial charge in [-0.3, -0.25) is 0 Å². The molecule has 1 N–H and O–H groups in total. The first-order valence-electron chi connectivity index (χ1n) is 5.83. The van der Waals surface area contributed by atoms with Crippen molar-refractivity contribution < 1.29 is 17.9 Å². The van der Waals surface area contributed by atoms with E-state index in [-0.39, 0.29) is 5.88 Å². The van der Waals surface area contributed by atoms with Gasteiger partial charge in [0.05, 0.1) is 0 Å². The van der Waals surface area contributed by atoms with Gasteiger partial charge in [0.2, 0.25) is 5.88 Å². The summed E-state index contributed by atoms with van der Waals surface area (Å²) in [6.45, 7) is 3.30. The maximum Gasteiger partial charge on any atom is 0.421 e. The van der Waals surface area contributed by atoms with Crippen LogP contribution in [-0.4, -0.2) is 23.7 Å². The SMILES string of the molecule is CC1(Oc2ncccc2C(F)(F)F)CCNCC1. The van der Waals surface area contributed by atoms with Gasteiger partial charge in [-0.15, -0.1) is 0 Å². The molecule has 1 saturated heterocycles. The van der Waals surface area contributed by atoms with Gasteiger partial charge in [0, 0.05) is 6.20 Å². The summed E-state index contributed by atoms with van der Waals surface area (Å²) in [5.74, 6) is -0.325. The summed E-state index contributed by atoms with van der Waals surface area (Å²) in [5.41, 5.74) is -1.40. The van der Waals surface area contributed by atoms with Crippen molar-refractivity contribution in [3.63, 3.8) is 0 Å². The van der Waals surface area contributed by atoms with Crippen molar-refractivity contribution in [2.75, 3.05) is 13.1 Å². The van der Waals surface area contributed by atoms with Crippen molar-refractivity contribution in [3.05, 3.63) is 23.9 Å². The van der Waals surface area contributed by atoms with Gasteiger partial charge in [0.15, 0.2) is 0 Å². The second-order valence-corrected chi connectivity index (χ2v) is 4.66. The van der Waals surface area contributed by atoms with Crippen LogP contribution in [0.25, 0.3) is 0 Å². The number of halogens is 3. The quantitative estimate of drug-likeness (QED) is 0.887. The zero-order valence-corrected chi connectivity index (χ0v) is 10.0. The maximum absolute atomic E-state index is 12.8. The van der Waals surface area contributed by atoms with Gasteiger partial charge >= 0.3 is 6.18 Å². The lowest BCUT2D eigenvalue weighted by Crippen LogP contribution is -2.44. The van der Waals surface area contributed by atoms with E-state index < -0.39 is 17.3 Å². The van der Waals surface area contributed by atoms with E-state index in [2.05, 4.69) is 10.3 Å². The second-order valence-electron chi connectivity index (χ2n) is 4.66. The molecule has 1 aliphatic heterocycles. The number of hydrogen-bond acceptors (Lipinski definition) is 3. The molecular weight excluding hydrogens is 245 g/mol. The highest BCUT2D eigenvalue weighted by molar-refractivity contribution is 5.29. The molecule has 0 unspecified atom stereocenters. The minimum Gasteiger partial charge on any atom is -0.471 e. The molecule has 1 fully saturated rings. The smallest absolute Gasteiger partial charge is 0.421 e. The molecule has 3 nitrogen and oxygen atoms in total. The van der Waals surface area contributed by atoms with Gasteiger partial charge in [-0.25, -0.2) is 4.98 Å². The fraction of sp³-hybridized carbons (Fsp3) is 0.583. The summed E-state index contributed by atoms with van der Waals surface area (Å²) >= 11 is 0. The summed E-state index contributed by atoms with van der Waals surface area (Å²) in [6, 6.07) is 2.26. The highest BCUT2D eigenvalue weighted by atomic mass is 19.4. The van der Waals surface area contributed by atoms with Crippen molar-refractivity contribution in [1.29, 1.82) is 0 Å². The molecule has 0 amide bonds. The number of nitrogens with zero attached hydrogens (tertiary/aromatic N) is 1. The number of alkyl halides is 3. The largest absolute Gasteiger partial charge is 0.471 e. The summed E-state index contributed by atoms with van der Waals surface area (Å²) < 4.78 is 43.9. The Bertz CT molecular complexity index is 414. The predicted octanol–water partition coefficient (Wildman–Crippen LogP) is 2.62. The van der Waals surface area contributed by atoms with Crippen molar-refractivity contribution >= 4 is 0 Å². The predicted molar refractivity (Wildman–Crippen MR) is 60.4 cm³/mol. The summed E-state index contributed by atoms with van der Waals surface area (Å²) in [6.07, 6.45) is -1.79. The molecule has 0 saturated carbocycles. The van der Waals surface area contributed by atoms with E-state index in [1.807, 2.05) is 6.92 Å². The molecule has 0 aliphatic carbocycles. The number of hydrogen-bond donors (Lipinski definition) is 1. The Labute approximate surface area is 103 Å². The van der Waals surface area contributed by atoms with Gasteiger partial charge in [-0.1, -0.05) is 0 Å². The average Bonchev–Trinajstić information content (AvgIpc) is 2.28. The lowest BCUT2D eigenvalue weighted by atomic mass is 9.94. The zero-order valence-electron chi connectivity index (χ0n) is 10.0. The molecule has 18 heavy (non-hydrogen) atoms. The van der Waals surface area contributed by atoms with Crippen molar-refractivity contribution in [2.24, 2.45) is 0 Å². The van der Waals surface area contributed by atoms with Crippen LogP contribution < -0.4 is 10.1 Å². The van der Waals surface area contributed by atoms with Gasteiger partial charge < -0.3 is 10.1 Å². The van der Waals surface area contributed by atoms with Crippen LogP contribution in [-0.2, 0) is 6.18 Å². The first kappa shape index (κ1) is 13.1. The van der Waals surface area contributed by atoms with E-state index in [4.69, 9.17) is 4.74 Å². The molecule has 100 valence electrons. The summed E-state index contributed by atoms with van der Waals surface area (Å²) in [5, 5.41) is 3.15. The Morgan fingerprint density at radius 2 is 2.00 bits per heavy atom. The molecule has 0 radical (unpaired) electrons. The fourth-order valence-electron chi connectivity index (χ4n) is 1.98. The lowest BCUT2D eigenvalue weighted by Gasteiger charge is -2.34. The first-order valence-corrected chi connectivity index (χ1v) is 5.83. The van der Waals surface area contributed by atoms with E-state index in [0.717, 1.165) is 19.2 Å². The Hall–Kier alpha value is -1.30. The van der Waals surface area contributed by atoms with Gasteiger partial charge in [0.1, 0.15) is 11.2 Å². The maximum atomic E-state index is 12.8. The minimum absolute atomic E-state index is 0.325. The topological polar surface area (TPSA) is 34.1 Å². The summed E-state index contributed by atoms with van der Waals surface area (Å²) in [4.78, 5) is 3.72. The van der Waals surface area contributed by atoms with E-state index >= 15 is 0 Å². The minimum atomic E-state index is -4.44. The van der Waals surface area contributed by atoms with Gasteiger partial charge in [0.25, 0.3) is 0 Å². The molecule has 0 atom stereocenters. The third-order valence-corrected chi connectivity index (χ3v) is 3.08. The van der Waals surface area contributed by atoms with Crippen molar-refractivity contribution in [2.45, 2.75) is 31.5 Å². The molecule has 1 aliphatic rings. The molecule has 1 aromatic heterocycles. The number of pyridine rings is 1. The van der Waals surface area contributed by atoms with Gasteiger partial charge in [-0.2, -0.15) is 13.2 Å². The first-order chi connectivity index (χ1) is 8.41. The van der Waals surface area contributed by atoms with Crippen LogP contribution in [0.1, 0.15) is 25.3 Å². The highest BCUT2D eigenvalue weighted by Gasteiger charge is 2.38. The van der Waals surface area contributed by atoms with E-state index in [9.17, 15) is 13.2 Å². The standard InChI is InChI=1S/C12H15F3N2O/c1-11(4-7-16-8-5-11)18-10-9(12(13,14)15)3-2-6-17-10/h2-3,6,16H,4-5,7-8H2,1H3. The Kier molecular flexibility index (Phi) is 3.47. The van der Waals surface area contributed by atoms with Crippen molar-refractivity contribution in [3.8, 4) is 5.88 Å². The fourth-order valence-corrected chi connectivity index (χ4v) is 1.98. The normalized spacial score (nSPS) is 19.6. The highest BCUT2D eigenvalue weighted by Crippen LogP contribution is 2.37. The molecule has 6 heteroatoms. The van der Waals surface area contributed by atoms with Crippen LogP contribution in [0.5, 0.6) is 5.88 Å². The van der Waals surface area contributed by atoms with Crippen molar-refractivity contribution in [1.82, 2.24) is 10.3 Å². The van der Waals surface area contributed by atoms with Crippen LogP contribution >= 0.6 is 0 Å². The van der Waals surface area contributed by atoms with Crippen LogP contribution in [0.2, 0.25) is 0 Å². The molecule has 0 aromatic carbocycles. The van der Waals surface area contributed by atoms with Crippen LogP contribution in [0.4, 0.5) is 13.2 Å². The summed E-state index contributed by atoms with van der Waals surface area (Å²) in [7, 11) is 0. The molecule has 2 heterocycles. The van der Waals surface area contributed by atoms with Crippen LogP contribution in [0, 0.1) is 0 Å². The molecule has 2 rings (SSSR count). The monoisotopic (exact) mass is 260 g/mol. The average molecular weight is 260 g/mol. The van der Waals surface area contributed by atoms with E-state index in [1.54, 1.807) is 0 Å². The third kappa shape index (κ3) is 2.93. The third-order valence-electron chi connectivity index (χ3n) is 3.08. The molecule has 1 aromatic rings. The Balaban J connectivity index is 2.23. The van der Waals surface area contributed by atoms with E-state index in [1.165, 1.54) is 12.3 Å². The molecular formula is C12H15F3N2O. The van der Waals surface area contributed by atoms with Crippen LogP contribution in [0.3, 0.4) is 0 Å². The van der Waals surface area contributed by atoms with E-state index in [0.29, 0.717) is 12.8 Å². The number of rotatable bonds is 2. The second kappa shape index (κ2) is 4.76. The number of ether oxygens (including phenoxy) is 1. The molecule has 0 spiro atoms. The number of aromatic nitrogens is 1. The number of piperidine rings is 1. The Morgan fingerprint density at radius 1 is 1.33 bits per heavy atom. The van der Waals surface area contributed by atoms with Crippen LogP contribution in [0.15, 0.2) is 18.3 Å². The lowest BCUT2D eigenvalue weighted by molar-refractivity contribution is -0.140. The zero-order chi connectivity index (χ0) is 13.2. The molecule has 0 bridgehead atoms. The Morgan fingerprint density at radius 3 is 2.61 bits per heavy atom.